The Balaban J connectivity index is 1.50. The lowest BCUT2D eigenvalue weighted by Crippen LogP contribution is -2.41. The highest BCUT2D eigenvalue weighted by Gasteiger charge is 2.28. The van der Waals surface area contributed by atoms with E-state index in [4.69, 9.17) is 14.2 Å². The molecule has 0 radical (unpaired) electrons. The molecule has 28 heavy (non-hydrogen) atoms. The van der Waals surface area contributed by atoms with E-state index in [0.29, 0.717) is 12.5 Å². The van der Waals surface area contributed by atoms with Crippen LogP contribution in [0.4, 0.5) is 0 Å². The van der Waals surface area contributed by atoms with E-state index < -0.39 is 0 Å². The zero-order valence-electron chi connectivity index (χ0n) is 16.5. The molecule has 0 bridgehead atoms. The molecule has 3 aromatic rings. The van der Waals surface area contributed by atoms with Crippen LogP contribution in [0.5, 0.6) is 11.5 Å². The van der Waals surface area contributed by atoms with E-state index in [1.54, 1.807) is 14.2 Å². The Morgan fingerprint density at radius 2 is 1.71 bits per heavy atom. The fourth-order valence-electron chi connectivity index (χ4n) is 4.00. The molecule has 1 N–H and O–H groups in total. The van der Waals surface area contributed by atoms with E-state index in [-0.39, 0.29) is 6.10 Å². The van der Waals surface area contributed by atoms with Gasteiger partial charge in [-0.05, 0) is 53.1 Å². The van der Waals surface area contributed by atoms with E-state index in [0.717, 1.165) is 31.0 Å². The monoisotopic (exact) mass is 377 g/mol. The lowest BCUT2D eigenvalue weighted by molar-refractivity contribution is 0.0106. The van der Waals surface area contributed by atoms with Gasteiger partial charge in [-0.15, -0.1) is 0 Å². The molecule has 1 aliphatic heterocycles. The molecule has 2 atom stereocenters. The summed E-state index contributed by atoms with van der Waals surface area (Å²) < 4.78 is 17.2. The molecule has 3 aromatic carbocycles. The Labute approximate surface area is 166 Å². The molecule has 4 nitrogen and oxygen atoms in total. The van der Waals surface area contributed by atoms with Crippen molar-refractivity contribution in [1.82, 2.24) is 5.32 Å². The third-order valence-electron chi connectivity index (χ3n) is 5.54. The highest BCUT2D eigenvalue weighted by atomic mass is 16.5. The molecule has 0 spiro atoms. The molecule has 1 fully saturated rings. The minimum Gasteiger partial charge on any atom is -0.493 e. The maximum Gasteiger partial charge on any atom is 0.160 e. The normalized spacial score (nSPS) is 19.5. The van der Waals surface area contributed by atoms with Crippen LogP contribution in [0.1, 0.15) is 23.5 Å². The number of ether oxygens (including phenoxy) is 3. The average Bonchev–Trinajstić information content (AvgIpc) is 2.77. The predicted octanol–water partition coefficient (Wildman–Crippen LogP) is 4.52. The third kappa shape index (κ3) is 3.98. The van der Waals surface area contributed by atoms with Crippen molar-refractivity contribution in [2.24, 2.45) is 0 Å². The van der Waals surface area contributed by atoms with E-state index >= 15 is 0 Å². The van der Waals surface area contributed by atoms with Gasteiger partial charge in [-0.2, -0.15) is 0 Å². The number of rotatable bonds is 6. The summed E-state index contributed by atoms with van der Waals surface area (Å²) in [6.45, 7) is 2.46. The molecule has 1 heterocycles. The minimum absolute atomic E-state index is 0.123. The Hall–Kier alpha value is -2.56. The predicted molar refractivity (Wildman–Crippen MR) is 112 cm³/mol. The first-order chi connectivity index (χ1) is 13.8. The molecule has 0 aromatic heterocycles. The molecule has 146 valence electrons. The summed E-state index contributed by atoms with van der Waals surface area (Å²) in [5.41, 5.74) is 2.44. The van der Waals surface area contributed by atoms with Gasteiger partial charge in [0.2, 0.25) is 0 Å². The van der Waals surface area contributed by atoms with Crippen LogP contribution in [-0.4, -0.2) is 33.4 Å². The second-order valence-corrected chi connectivity index (χ2v) is 7.24. The Kier molecular flexibility index (Phi) is 5.79. The fourth-order valence-corrected chi connectivity index (χ4v) is 4.00. The number of benzene rings is 3. The second kappa shape index (κ2) is 8.63. The summed E-state index contributed by atoms with van der Waals surface area (Å²) in [5, 5.41) is 5.98. The van der Waals surface area contributed by atoms with Gasteiger partial charge in [-0.3, -0.25) is 0 Å². The topological polar surface area (TPSA) is 39.7 Å². The fraction of sp³-hybridized carbons (Fsp3) is 0.333. The van der Waals surface area contributed by atoms with Crippen molar-refractivity contribution < 1.29 is 14.2 Å². The minimum atomic E-state index is 0.123. The van der Waals surface area contributed by atoms with Gasteiger partial charge in [0, 0.05) is 12.5 Å². The molecule has 1 saturated heterocycles. The summed E-state index contributed by atoms with van der Waals surface area (Å²) in [6.07, 6.45) is 1.16. The van der Waals surface area contributed by atoms with Gasteiger partial charge in [0.1, 0.15) is 0 Å². The van der Waals surface area contributed by atoms with Crippen LogP contribution >= 0.6 is 0 Å². The van der Waals surface area contributed by atoms with Crippen LogP contribution in [0.15, 0.2) is 60.7 Å². The number of methoxy groups -OCH3 is 2. The maximum atomic E-state index is 6.38. The van der Waals surface area contributed by atoms with Gasteiger partial charge in [0.25, 0.3) is 0 Å². The van der Waals surface area contributed by atoms with Crippen molar-refractivity contribution in [2.75, 3.05) is 27.3 Å². The van der Waals surface area contributed by atoms with Crippen LogP contribution < -0.4 is 14.8 Å². The summed E-state index contributed by atoms with van der Waals surface area (Å²) in [5.74, 6) is 1.86. The highest BCUT2D eigenvalue weighted by molar-refractivity contribution is 5.82. The molecule has 0 saturated carbocycles. The summed E-state index contributed by atoms with van der Waals surface area (Å²) in [4.78, 5) is 0. The Morgan fingerprint density at radius 3 is 2.54 bits per heavy atom. The van der Waals surface area contributed by atoms with Gasteiger partial charge in [0.15, 0.2) is 11.5 Å². The van der Waals surface area contributed by atoms with Crippen LogP contribution in [-0.2, 0) is 11.3 Å². The van der Waals surface area contributed by atoms with Gasteiger partial charge in [0.05, 0.1) is 26.9 Å². The zero-order valence-corrected chi connectivity index (χ0v) is 16.5. The number of hydrogen-bond acceptors (Lipinski definition) is 4. The highest BCUT2D eigenvalue weighted by Crippen LogP contribution is 2.35. The smallest absolute Gasteiger partial charge is 0.160 e. The molecule has 4 rings (SSSR count). The summed E-state index contributed by atoms with van der Waals surface area (Å²) in [7, 11) is 3.34. The molecular weight excluding hydrogens is 350 g/mol. The Morgan fingerprint density at radius 1 is 0.893 bits per heavy atom. The third-order valence-corrected chi connectivity index (χ3v) is 5.54. The molecular formula is C24H27NO3. The first-order valence-electron chi connectivity index (χ1n) is 9.80. The van der Waals surface area contributed by atoms with E-state index in [1.165, 1.54) is 21.9 Å². The SMILES string of the molecule is COc1ccc(C2CCNCC2OCc2ccc3ccccc3c2)cc1OC. The van der Waals surface area contributed by atoms with Crippen molar-refractivity contribution in [2.45, 2.75) is 25.0 Å². The van der Waals surface area contributed by atoms with Crippen LogP contribution in [0, 0.1) is 0 Å². The van der Waals surface area contributed by atoms with Gasteiger partial charge >= 0.3 is 0 Å². The summed E-state index contributed by atoms with van der Waals surface area (Å²) in [6, 6.07) is 21.2. The zero-order chi connectivity index (χ0) is 19.3. The molecule has 1 aliphatic rings. The molecule has 0 aliphatic carbocycles. The van der Waals surface area contributed by atoms with Crippen molar-refractivity contribution >= 4 is 10.8 Å². The molecule has 0 amide bonds. The van der Waals surface area contributed by atoms with Crippen LogP contribution in [0.3, 0.4) is 0 Å². The van der Waals surface area contributed by atoms with Crippen molar-refractivity contribution in [3.63, 3.8) is 0 Å². The van der Waals surface area contributed by atoms with Gasteiger partial charge in [-0.25, -0.2) is 0 Å². The number of fused-ring (bicyclic) bond motifs is 1. The standard InChI is InChI=1S/C24H27NO3/c1-26-22-10-9-20(14-23(22)27-2)21-11-12-25-15-24(21)28-16-17-7-8-18-5-3-4-6-19(18)13-17/h3-10,13-14,21,24-25H,11-12,15-16H2,1-2H3. The number of piperidine rings is 1. The van der Waals surface area contributed by atoms with E-state index in [9.17, 15) is 0 Å². The molecule has 2 unspecified atom stereocenters. The van der Waals surface area contributed by atoms with Crippen LogP contribution in [0.2, 0.25) is 0 Å². The quantitative estimate of drug-likeness (QED) is 0.686. The van der Waals surface area contributed by atoms with E-state index in [2.05, 4.69) is 59.9 Å². The Bertz CT molecular complexity index is 940. The second-order valence-electron chi connectivity index (χ2n) is 7.24. The first kappa shape index (κ1) is 18.8. The van der Waals surface area contributed by atoms with E-state index in [1.807, 2.05) is 6.07 Å². The lowest BCUT2D eigenvalue weighted by atomic mass is 9.87. The lowest BCUT2D eigenvalue weighted by Gasteiger charge is -2.33. The van der Waals surface area contributed by atoms with Crippen LogP contribution in [0.25, 0.3) is 10.8 Å². The number of hydrogen-bond donors (Lipinski definition) is 1. The van der Waals surface area contributed by atoms with Gasteiger partial charge in [-0.1, -0.05) is 42.5 Å². The first-order valence-corrected chi connectivity index (χ1v) is 9.80. The largest absolute Gasteiger partial charge is 0.493 e. The summed E-state index contributed by atoms with van der Waals surface area (Å²) >= 11 is 0. The van der Waals surface area contributed by atoms with Gasteiger partial charge < -0.3 is 19.5 Å². The molecule has 4 heteroatoms. The van der Waals surface area contributed by atoms with Crippen molar-refractivity contribution in [3.8, 4) is 11.5 Å². The average molecular weight is 377 g/mol. The van der Waals surface area contributed by atoms with Crippen molar-refractivity contribution in [1.29, 1.82) is 0 Å². The number of nitrogens with one attached hydrogen (secondary N) is 1. The van der Waals surface area contributed by atoms with Crippen molar-refractivity contribution in [3.05, 3.63) is 71.8 Å². The maximum absolute atomic E-state index is 6.38.